The number of hydrogen-bond acceptors (Lipinski definition) is 8. The highest BCUT2D eigenvalue weighted by Crippen LogP contribution is 2.31. The number of hydrogen-bond donors (Lipinski definition) is 1. The van der Waals surface area contributed by atoms with Gasteiger partial charge >= 0.3 is 5.97 Å². The third-order valence-corrected chi connectivity index (χ3v) is 5.63. The maximum Gasteiger partial charge on any atom is 0.309 e. The molecule has 1 N–H and O–H groups in total. The summed E-state index contributed by atoms with van der Waals surface area (Å²) in [6, 6.07) is 9.33. The van der Waals surface area contributed by atoms with Gasteiger partial charge in [-0.15, -0.1) is 0 Å². The molecule has 1 fully saturated rings. The topological polar surface area (TPSA) is 123 Å². The predicted octanol–water partition coefficient (Wildman–Crippen LogP) is 2.68. The summed E-state index contributed by atoms with van der Waals surface area (Å²) in [5.74, 6) is -0.281. The number of ether oxygens (including phenoxy) is 1. The van der Waals surface area contributed by atoms with Gasteiger partial charge in [0.2, 0.25) is 0 Å². The van der Waals surface area contributed by atoms with Crippen molar-refractivity contribution >= 4 is 23.4 Å². The van der Waals surface area contributed by atoms with E-state index in [1.807, 2.05) is 6.07 Å². The number of nitrogens with one attached hydrogen (secondary N) is 1. The molecule has 0 aliphatic carbocycles. The number of aromatic amines is 1. The molecular weight excluding hydrogens is 402 g/mol. The van der Waals surface area contributed by atoms with Crippen molar-refractivity contribution in [3.63, 3.8) is 0 Å². The van der Waals surface area contributed by atoms with E-state index in [-0.39, 0.29) is 23.1 Å². The number of nitriles is 2. The summed E-state index contributed by atoms with van der Waals surface area (Å²) in [5, 5.41) is 19.5. The molecule has 1 aliphatic rings. The third-order valence-electron chi connectivity index (χ3n) is 5.05. The van der Waals surface area contributed by atoms with Crippen molar-refractivity contribution < 1.29 is 9.53 Å². The van der Waals surface area contributed by atoms with Crippen LogP contribution in [0.2, 0.25) is 0 Å². The Morgan fingerprint density at radius 3 is 2.67 bits per heavy atom. The molecule has 1 aromatic heterocycles. The average molecular weight is 423 g/mol. The quantitative estimate of drug-likeness (QED) is 0.442. The number of aromatic nitrogens is 2. The zero-order chi connectivity index (χ0) is 21.7. The number of carbonyl (C=O) groups excluding carboxylic acids is 1. The molecule has 0 radical (unpaired) electrons. The van der Waals surface area contributed by atoms with Gasteiger partial charge in [0.25, 0.3) is 5.56 Å². The molecule has 9 heteroatoms. The van der Waals surface area contributed by atoms with Gasteiger partial charge in [0.1, 0.15) is 17.7 Å². The molecule has 0 spiro atoms. The van der Waals surface area contributed by atoms with Gasteiger partial charge in [0.05, 0.1) is 29.5 Å². The van der Waals surface area contributed by atoms with Crippen LogP contribution in [0, 0.1) is 28.6 Å². The highest BCUT2D eigenvalue weighted by Gasteiger charge is 2.27. The number of benzene rings is 1. The molecule has 30 heavy (non-hydrogen) atoms. The lowest BCUT2D eigenvalue weighted by Gasteiger charge is -2.33. The number of piperidine rings is 1. The fourth-order valence-electron chi connectivity index (χ4n) is 3.53. The van der Waals surface area contributed by atoms with Crippen molar-refractivity contribution in [2.45, 2.75) is 24.9 Å². The van der Waals surface area contributed by atoms with Gasteiger partial charge in [0, 0.05) is 18.7 Å². The van der Waals surface area contributed by atoms with Crippen LogP contribution in [-0.4, -0.2) is 41.9 Å². The van der Waals surface area contributed by atoms with Crippen LogP contribution in [0.3, 0.4) is 0 Å². The summed E-state index contributed by atoms with van der Waals surface area (Å²) in [6.07, 6.45) is 3.10. The molecule has 0 saturated carbocycles. The lowest BCUT2D eigenvalue weighted by Crippen LogP contribution is -2.37. The molecule has 1 aromatic carbocycles. The van der Waals surface area contributed by atoms with Gasteiger partial charge in [-0.2, -0.15) is 10.5 Å². The molecule has 8 nitrogen and oxygen atoms in total. The van der Waals surface area contributed by atoms with E-state index in [4.69, 9.17) is 4.74 Å². The van der Waals surface area contributed by atoms with Crippen LogP contribution in [0.1, 0.15) is 30.9 Å². The molecule has 3 rings (SSSR count). The monoisotopic (exact) mass is 423 g/mol. The molecule has 1 saturated heterocycles. The number of anilines is 1. The van der Waals surface area contributed by atoms with Crippen molar-refractivity contribution in [1.82, 2.24) is 9.97 Å². The van der Waals surface area contributed by atoms with Gasteiger partial charge in [-0.25, -0.2) is 4.98 Å². The van der Waals surface area contributed by atoms with Crippen LogP contribution in [0.25, 0.3) is 11.3 Å². The Labute approximate surface area is 178 Å². The summed E-state index contributed by atoms with van der Waals surface area (Å²) in [7, 11) is 0. The Morgan fingerprint density at radius 2 is 2.07 bits per heavy atom. The standard InChI is InChI=1S/C21H21N5O3S/c1-3-29-20(28)13-6-8-26(9-7-13)17-5-4-14(10-15(17)11-22)18-16(12-23)19(27)25-21(24-18)30-2/h4-5,10,13H,3,6-9H2,1-2H3,(H,24,25,27). The maximum absolute atomic E-state index is 12.2. The van der Waals surface area contributed by atoms with Gasteiger partial charge in [0.15, 0.2) is 5.16 Å². The second-order valence-electron chi connectivity index (χ2n) is 6.77. The fourth-order valence-corrected chi connectivity index (χ4v) is 3.90. The number of esters is 1. The largest absolute Gasteiger partial charge is 0.466 e. The molecule has 0 bridgehead atoms. The Bertz CT molecular complexity index is 1090. The van der Waals surface area contributed by atoms with Crippen molar-refractivity contribution in [3.05, 3.63) is 39.7 Å². The number of nitrogens with zero attached hydrogens (tertiary/aromatic N) is 4. The van der Waals surface area contributed by atoms with E-state index in [1.54, 1.807) is 31.4 Å². The smallest absolute Gasteiger partial charge is 0.309 e. The lowest BCUT2D eigenvalue weighted by molar-refractivity contribution is -0.148. The molecular formula is C21H21N5O3S. The van der Waals surface area contributed by atoms with Crippen molar-refractivity contribution in [1.29, 1.82) is 10.5 Å². The second kappa shape index (κ2) is 9.47. The first-order valence-corrected chi connectivity index (χ1v) is 10.8. The van der Waals surface area contributed by atoms with Crippen molar-refractivity contribution in [2.24, 2.45) is 5.92 Å². The van der Waals surface area contributed by atoms with E-state index in [0.717, 1.165) is 5.69 Å². The number of rotatable bonds is 5. The van der Waals surface area contributed by atoms with E-state index in [2.05, 4.69) is 20.9 Å². The summed E-state index contributed by atoms with van der Waals surface area (Å²) in [5.41, 5.74) is 1.40. The van der Waals surface area contributed by atoms with E-state index in [1.165, 1.54) is 11.8 Å². The summed E-state index contributed by atoms with van der Waals surface area (Å²) in [4.78, 5) is 33.1. The van der Waals surface area contributed by atoms with Crippen molar-refractivity contribution in [3.8, 4) is 23.4 Å². The Balaban J connectivity index is 1.90. The zero-order valence-corrected chi connectivity index (χ0v) is 17.6. The number of H-pyrrole nitrogens is 1. The SMILES string of the molecule is CCOC(=O)C1CCN(c2ccc(-c3nc(SC)[nH]c(=O)c3C#N)cc2C#N)CC1. The highest BCUT2D eigenvalue weighted by atomic mass is 32.2. The summed E-state index contributed by atoms with van der Waals surface area (Å²) in [6.45, 7) is 3.45. The van der Waals surface area contributed by atoms with E-state index >= 15 is 0 Å². The van der Waals surface area contributed by atoms with Gasteiger partial charge in [-0.05, 0) is 38.2 Å². The second-order valence-corrected chi connectivity index (χ2v) is 7.56. The number of thioether (sulfide) groups is 1. The average Bonchev–Trinajstić information content (AvgIpc) is 2.78. The van der Waals surface area contributed by atoms with E-state index in [9.17, 15) is 20.1 Å². The summed E-state index contributed by atoms with van der Waals surface area (Å²) >= 11 is 1.27. The minimum atomic E-state index is -0.504. The van der Waals surface area contributed by atoms with Crippen LogP contribution < -0.4 is 10.5 Å². The first kappa shape index (κ1) is 21.4. The molecule has 0 unspecified atom stereocenters. The maximum atomic E-state index is 12.2. The minimum Gasteiger partial charge on any atom is -0.466 e. The van der Waals surface area contributed by atoms with Crippen LogP contribution in [0.4, 0.5) is 5.69 Å². The van der Waals surface area contributed by atoms with Crippen LogP contribution in [-0.2, 0) is 9.53 Å². The zero-order valence-electron chi connectivity index (χ0n) is 16.8. The third kappa shape index (κ3) is 4.32. The summed E-state index contributed by atoms with van der Waals surface area (Å²) < 4.78 is 5.11. The lowest BCUT2D eigenvalue weighted by atomic mass is 9.95. The Hall–Kier alpha value is -3.30. The van der Waals surface area contributed by atoms with E-state index < -0.39 is 5.56 Å². The molecule has 1 aliphatic heterocycles. The minimum absolute atomic E-state index is 0.0836. The van der Waals surface area contributed by atoms with Crippen molar-refractivity contribution in [2.75, 3.05) is 30.9 Å². The first-order valence-electron chi connectivity index (χ1n) is 9.56. The molecule has 0 atom stereocenters. The molecule has 154 valence electrons. The number of carbonyl (C=O) groups is 1. The van der Waals surface area contributed by atoms with Gasteiger partial charge in [-0.3, -0.25) is 9.59 Å². The predicted molar refractivity (Wildman–Crippen MR) is 113 cm³/mol. The van der Waals surface area contributed by atoms with Gasteiger partial charge in [-0.1, -0.05) is 17.8 Å². The molecule has 0 amide bonds. The first-order chi connectivity index (χ1) is 14.5. The fraction of sp³-hybridized carbons (Fsp3) is 0.381. The van der Waals surface area contributed by atoms with Crippen LogP contribution in [0.5, 0.6) is 0 Å². The molecule has 2 aromatic rings. The van der Waals surface area contributed by atoms with Crippen LogP contribution in [0.15, 0.2) is 28.2 Å². The Morgan fingerprint density at radius 1 is 1.33 bits per heavy atom. The van der Waals surface area contributed by atoms with Crippen LogP contribution >= 0.6 is 11.8 Å². The highest BCUT2D eigenvalue weighted by molar-refractivity contribution is 7.98. The van der Waals surface area contributed by atoms with E-state index in [0.29, 0.717) is 48.8 Å². The normalized spacial score (nSPS) is 14.1. The molecule has 2 heterocycles. The van der Waals surface area contributed by atoms with Gasteiger partial charge < -0.3 is 14.6 Å². The Kier molecular flexibility index (Phi) is 6.76.